The van der Waals surface area contributed by atoms with Crippen LogP contribution in [-0.4, -0.2) is 56.2 Å². The van der Waals surface area contributed by atoms with Crippen LogP contribution in [0, 0.1) is 0 Å². The third kappa shape index (κ3) is 4.23. The maximum Gasteiger partial charge on any atom is 0.274 e. The second kappa shape index (κ2) is 9.29. The first-order chi connectivity index (χ1) is 18.1. The van der Waals surface area contributed by atoms with E-state index in [4.69, 9.17) is 20.3 Å². The van der Waals surface area contributed by atoms with Crippen LogP contribution in [-0.2, 0) is 6.61 Å². The average Bonchev–Trinajstić information content (AvgIpc) is 3.31. The number of aromatic nitrogens is 4. The summed E-state index contributed by atoms with van der Waals surface area (Å²) in [5.41, 5.74) is 9.01. The number of nitrogens with zero attached hydrogens (tertiary/aromatic N) is 5. The van der Waals surface area contributed by atoms with Gasteiger partial charge in [0.15, 0.2) is 11.5 Å². The number of hydrogen-bond donors (Lipinski definition) is 1. The van der Waals surface area contributed by atoms with Gasteiger partial charge in [0.2, 0.25) is 5.91 Å². The number of fused-ring (bicyclic) bond motifs is 3. The predicted molar refractivity (Wildman–Crippen MR) is 141 cm³/mol. The molecule has 0 bridgehead atoms. The van der Waals surface area contributed by atoms with Crippen molar-refractivity contribution in [3.63, 3.8) is 0 Å². The zero-order chi connectivity index (χ0) is 27.2. The standard InChI is InChI=1S/C28H28N6O4/c1-28(2,3)33(4)27(36)24-20-15-38-22-12-21(37-5)18(16-10-17(26(29)35)14-30-13-16)11-19(22)25(20)34(32-24)23-8-6-7-9-31-23/h6-14H,15H2,1-5H3,(H2,29,35). The Morgan fingerprint density at radius 3 is 2.58 bits per heavy atom. The quantitative estimate of drug-likeness (QED) is 0.430. The van der Waals surface area contributed by atoms with Gasteiger partial charge in [0.25, 0.3) is 5.91 Å². The molecule has 10 heteroatoms. The summed E-state index contributed by atoms with van der Waals surface area (Å²) < 4.78 is 13.5. The highest BCUT2D eigenvalue weighted by Crippen LogP contribution is 2.46. The summed E-state index contributed by atoms with van der Waals surface area (Å²) in [5.74, 6) is 0.855. The predicted octanol–water partition coefficient (Wildman–Crippen LogP) is 3.87. The van der Waals surface area contributed by atoms with E-state index in [2.05, 4.69) is 9.97 Å². The van der Waals surface area contributed by atoms with Crippen molar-refractivity contribution >= 4 is 11.8 Å². The van der Waals surface area contributed by atoms with Gasteiger partial charge >= 0.3 is 0 Å². The van der Waals surface area contributed by atoms with Gasteiger partial charge in [-0.25, -0.2) is 9.67 Å². The number of hydrogen-bond acceptors (Lipinski definition) is 7. The molecule has 0 aliphatic carbocycles. The number of primary amides is 1. The average molecular weight is 513 g/mol. The van der Waals surface area contributed by atoms with Crippen LogP contribution < -0.4 is 15.2 Å². The van der Waals surface area contributed by atoms with Gasteiger partial charge in [-0.05, 0) is 45.0 Å². The van der Waals surface area contributed by atoms with Gasteiger partial charge in [0.05, 0.1) is 18.4 Å². The molecule has 0 atom stereocenters. The van der Waals surface area contributed by atoms with E-state index in [1.165, 1.54) is 6.20 Å². The lowest BCUT2D eigenvalue weighted by atomic mass is 9.95. The fourth-order valence-corrected chi connectivity index (χ4v) is 4.28. The van der Waals surface area contributed by atoms with E-state index in [1.54, 1.807) is 48.3 Å². The number of nitrogens with two attached hydrogens (primary N) is 1. The molecule has 0 saturated heterocycles. The van der Waals surface area contributed by atoms with Crippen molar-refractivity contribution in [2.45, 2.75) is 32.9 Å². The minimum atomic E-state index is -0.582. The van der Waals surface area contributed by atoms with Crippen LogP contribution in [0.2, 0.25) is 0 Å². The topological polar surface area (TPSA) is 125 Å². The van der Waals surface area contributed by atoms with Crippen molar-refractivity contribution < 1.29 is 19.1 Å². The molecule has 0 radical (unpaired) electrons. The fraction of sp³-hybridized carbons (Fsp3) is 0.250. The molecule has 5 rings (SSSR count). The molecule has 1 aromatic carbocycles. The van der Waals surface area contributed by atoms with E-state index in [9.17, 15) is 9.59 Å². The molecule has 10 nitrogen and oxygen atoms in total. The lowest BCUT2D eigenvalue weighted by Gasteiger charge is -2.31. The summed E-state index contributed by atoms with van der Waals surface area (Å²) in [6.45, 7) is 6.04. The largest absolute Gasteiger partial charge is 0.496 e. The fourth-order valence-electron chi connectivity index (χ4n) is 4.28. The number of carbonyl (C=O) groups excluding carboxylic acids is 2. The van der Waals surface area contributed by atoms with Crippen LogP contribution in [0.1, 0.15) is 47.2 Å². The molecule has 38 heavy (non-hydrogen) atoms. The highest BCUT2D eigenvalue weighted by atomic mass is 16.5. The molecule has 1 aliphatic rings. The molecule has 4 aromatic rings. The van der Waals surface area contributed by atoms with E-state index in [1.807, 2.05) is 45.0 Å². The van der Waals surface area contributed by atoms with Crippen LogP contribution >= 0.6 is 0 Å². The van der Waals surface area contributed by atoms with Gasteiger partial charge in [0, 0.05) is 59.5 Å². The first kappa shape index (κ1) is 24.9. The van der Waals surface area contributed by atoms with Crippen molar-refractivity contribution in [2.24, 2.45) is 5.73 Å². The summed E-state index contributed by atoms with van der Waals surface area (Å²) in [4.78, 5) is 35.8. The van der Waals surface area contributed by atoms with Crippen LogP contribution in [0.3, 0.4) is 0 Å². The number of methoxy groups -OCH3 is 1. The smallest absolute Gasteiger partial charge is 0.274 e. The van der Waals surface area contributed by atoms with Gasteiger partial charge in [-0.15, -0.1) is 0 Å². The van der Waals surface area contributed by atoms with E-state index in [0.29, 0.717) is 51.0 Å². The summed E-state index contributed by atoms with van der Waals surface area (Å²) in [5, 5.41) is 4.76. The monoisotopic (exact) mass is 512 g/mol. The normalized spacial score (nSPS) is 12.2. The first-order valence-electron chi connectivity index (χ1n) is 12.0. The number of amides is 2. The summed E-state index contributed by atoms with van der Waals surface area (Å²) >= 11 is 0. The zero-order valence-electron chi connectivity index (χ0n) is 21.8. The van der Waals surface area contributed by atoms with Gasteiger partial charge in [-0.3, -0.25) is 14.6 Å². The van der Waals surface area contributed by atoms with Crippen molar-refractivity contribution in [2.75, 3.05) is 14.2 Å². The lowest BCUT2D eigenvalue weighted by molar-refractivity contribution is 0.0646. The van der Waals surface area contributed by atoms with Gasteiger partial charge in [-0.2, -0.15) is 5.10 Å². The molecule has 3 aromatic heterocycles. The second-order valence-electron chi connectivity index (χ2n) is 9.97. The molecule has 4 heterocycles. The first-order valence-corrected chi connectivity index (χ1v) is 12.0. The number of benzene rings is 1. The van der Waals surface area contributed by atoms with Gasteiger partial charge < -0.3 is 20.1 Å². The Morgan fingerprint density at radius 2 is 1.92 bits per heavy atom. The van der Waals surface area contributed by atoms with Crippen molar-refractivity contribution in [3.8, 4) is 39.7 Å². The SMILES string of the molecule is COc1cc2c(cc1-c1cncc(C(N)=O)c1)-c1c(c(C(=O)N(C)C(C)(C)C)nn1-c1ccccn1)CO2. The number of rotatable bonds is 5. The molecule has 2 amide bonds. The van der Waals surface area contributed by atoms with E-state index >= 15 is 0 Å². The second-order valence-corrected chi connectivity index (χ2v) is 9.97. The number of ether oxygens (including phenoxy) is 2. The van der Waals surface area contributed by atoms with E-state index < -0.39 is 11.4 Å². The summed E-state index contributed by atoms with van der Waals surface area (Å²) in [6.07, 6.45) is 4.72. The van der Waals surface area contributed by atoms with Crippen molar-refractivity contribution in [3.05, 3.63) is 71.8 Å². The molecular formula is C28H28N6O4. The third-order valence-electron chi connectivity index (χ3n) is 6.63. The van der Waals surface area contributed by atoms with Crippen LogP contribution in [0.25, 0.3) is 28.2 Å². The Morgan fingerprint density at radius 1 is 1.13 bits per heavy atom. The maximum atomic E-state index is 13.6. The molecule has 0 spiro atoms. The highest BCUT2D eigenvalue weighted by molar-refractivity contribution is 5.97. The zero-order valence-corrected chi connectivity index (χ0v) is 21.8. The molecule has 0 saturated carbocycles. The Hall–Kier alpha value is -4.73. The molecule has 2 N–H and O–H groups in total. The van der Waals surface area contributed by atoms with Gasteiger partial charge in [-0.1, -0.05) is 6.07 Å². The Bertz CT molecular complexity index is 1560. The molecule has 0 fully saturated rings. The molecule has 0 unspecified atom stereocenters. The highest BCUT2D eigenvalue weighted by Gasteiger charge is 2.34. The minimum absolute atomic E-state index is 0.148. The lowest BCUT2D eigenvalue weighted by Crippen LogP contribution is -2.43. The number of pyridine rings is 2. The third-order valence-corrected chi connectivity index (χ3v) is 6.63. The van der Waals surface area contributed by atoms with Crippen LogP contribution in [0.4, 0.5) is 0 Å². The van der Waals surface area contributed by atoms with Crippen LogP contribution in [0.5, 0.6) is 11.5 Å². The molecule has 1 aliphatic heterocycles. The van der Waals surface area contributed by atoms with Crippen LogP contribution in [0.15, 0.2) is 55.0 Å². The maximum absolute atomic E-state index is 13.6. The minimum Gasteiger partial charge on any atom is -0.496 e. The summed E-state index contributed by atoms with van der Waals surface area (Å²) in [7, 11) is 3.32. The Balaban J connectivity index is 1.76. The molecular weight excluding hydrogens is 484 g/mol. The van der Waals surface area contributed by atoms with E-state index in [0.717, 1.165) is 0 Å². The van der Waals surface area contributed by atoms with E-state index in [-0.39, 0.29) is 18.1 Å². The summed E-state index contributed by atoms with van der Waals surface area (Å²) in [6, 6.07) is 10.8. The Labute approximate surface area is 220 Å². The number of carbonyl (C=O) groups is 2. The Kier molecular flexibility index (Phi) is 6.10. The van der Waals surface area contributed by atoms with Crippen molar-refractivity contribution in [1.82, 2.24) is 24.6 Å². The molecule has 194 valence electrons. The van der Waals surface area contributed by atoms with Crippen molar-refractivity contribution in [1.29, 1.82) is 0 Å². The van der Waals surface area contributed by atoms with Gasteiger partial charge in [0.1, 0.15) is 18.1 Å².